The molecular weight excluding hydrogens is 448 g/mol. The minimum Gasteiger partial charge on any atom is -0.325 e. The Morgan fingerprint density at radius 1 is 1.18 bits per heavy atom. The fourth-order valence-electron chi connectivity index (χ4n) is 4.23. The first-order valence-electron chi connectivity index (χ1n) is 10.6. The Morgan fingerprint density at radius 2 is 1.88 bits per heavy atom. The highest BCUT2D eigenvalue weighted by Crippen LogP contribution is 2.38. The topological polar surface area (TPSA) is 150 Å². The van der Waals surface area contributed by atoms with Crippen molar-refractivity contribution in [2.75, 3.05) is 16.6 Å². The van der Waals surface area contributed by atoms with Crippen LogP contribution in [0.4, 0.5) is 16.4 Å². The zero-order valence-electron chi connectivity index (χ0n) is 17.9. The van der Waals surface area contributed by atoms with E-state index in [0.29, 0.717) is 12.1 Å². The van der Waals surface area contributed by atoms with Gasteiger partial charge in [0.2, 0.25) is 11.9 Å². The number of urea groups is 1. The van der Waals surface area contributed by atoms with Crippen molar-refractivity contribution in [1.82, 2.24) is 20.2 Å². The molecule has 2 heterocycles. The monoisotopic (exact) mass is 472 g/mol. The molecule has 0 unspecified atom stereocenters. The van der Waals surface area contributed by atoms with Crippen LogP contribution in [-0.4, -0.2) is 53.2 Å². The van der Waals surface area contributed by atoms with Crippen LogP contribution in [0.2, 0.25) is 0 Å². The highest BCUT2D eigenvalue weighted by Gasteiger charge is 2.55. The van der Waals surface area contributed by atoms with Crippen LogP contribution in [0.1, 0.15) is 32.6 Å². The molecule has 33 heavy (non-hydrogen) atoms. The fourth-order valence-corrected chi connectivity index (χ4v) is 5.19. The van der Waals surface area contributed by atoms with E-state index in [9.17, 15) is 22.8 Å². The molecule has 1 saturated heterocycles. The van der Waals surface area contributed by atoms with Crippen LogP contribution in [0.25, 0.3) is 0 Å². The highest BCUT2D eigenvalue weighted by molar-refractivity contribution is 7.92. The van der Waals surface area contributed by atoms with E-state index in [-0.39, 0.29) is 22.7 Å². The van der Waals surface area contributed by atoms with Gasteiger partial charge in [-0.25, -0.2) is 27.9 Å². The Kier molecular flexibility index (Phi) is 6.02. The number of benzene rings is 1. The van der Waals surface area contributed by atoms with Crippen LogP contribution in [-0.2, 0) is 19.6 Å². The van der Waals surface area contributed by atoms with E-state index in [4.69, 9.17) is 0 Å². The van der Waals surface area contributed by atoms with Gasteiger partial charge in [-0.2, -0.15) is 0 Å². The van der Waals surface area contributed by atoms with E-state index >= 15 is 0 Å². The molecule has 2 aromatic rings. The number of aromatic nitrogens is 2. The molecule has 4 amide bonds. The lowest BCUT2D eigenvalue weighted by atomic mass is 9.73. The fraction of sp³-hybridized carbons (Fsp3) is 0.381. The second-order valence-corrected chi connectivity index (χ2v) is 9.87. The first kappa shape index (κ1) is 22.6. The maximum absolute atomic E-state index is 13.0. The highest BCUT2D eigenvalue weighted by atomic mass is 32.2. The summed E-state index contributed by atoms with van der Waals surface area (Å²) in [7, 11) is -3.91. The molecule has 1 spiro atoms. The van der Waals surface area contributed by atoms with Crippen molar-refractivity contribution < 1.29 is 22.8 Å². The van der Waals surface area contributed by atoms with E-state index in [1.54, 1.807) is 6.07 Å². The van der Waals surface area contributed by atoms with E-state index in [0.717, 1.165) is 24.2 Å². The summed E-state index contributed by atoms with van der Waals surface area (Å²) in [6.45, 7) is 1.52. The summed E-state index contributed by atoms with van der Waals surface area (Å²) in [6, 6.07) is 6.44. The molecule has 174 valence electrons. The van der Waals surface area contributed by atoms with E-state index in [1.807, 2.05) is 6.92 Å². The van der Waals surface area contributed by atoms with Crippen molar-refractivity contribution in [2.45, 2.75) is 43.0 Å². The molecular formula is C21H24N6O5S. The number of hydrogen-bond acceptors (Lipinski definition) is 7. The summed E-state index contributed by atoms with van der Waals surface area (Å²) in [5.41, 5.74) is -0.608. The number of carbonyl (C=O) groups is 3. The summed E-state index contributed by atoms with van der Waals surface area (Å²) < 4.78 is 27.1. The van der Waals surface area contributed by atoms with Crippen LogP contribution in [0.3, 0.4) is 0 Å². The van der Waals surface area contributed by atoms with Gasteiger partial charge in [0.1, 0.15) is 12.1 Å². The zero-order valence-corrected chi connectivity index (χ0v) is 18.8. The number of nitrogens with one attached hydrogen (secondary N) is 3. The third kappa shape index (κ3) is 4.51. The Morgan fingerprint density at radius 3 is 2.55 bits per heavy atom. The second-order valence-electron chi connectivity index (χ2n) is 8.19. The first-order chi connectivity index (χ1) is 15.7. The Balaban J connectivity index is 1.39. The smallest absolute Gasteiger partial charge is 0.325 e. The predicted molar refractivity (Wildman–Crippen MR) is 119 cm³/mol. The van der Waals surface area contributed by atoms with E-state index < -0.39 is 34.0 Å². The SMILES string of the molecule is C[C@H]1CCCC[C@]12NC(=O)N(CC(=O)Nc1ccc(S(=O)(=O)Nc3ncccn3)cc1)C2=O. The van der Waals surface area contributed by atoms with Gasteiger partial charge in [0, 0.05) is 18.1 Å². The Bertz CT molecular complexity index is 1170. The van der Waals surface area contributed by atoms with Gasteiger partial charge in [0.05, 0.1) is 4.90 Å². The summed E-state index contributed by atoms with van der Waals surface area (Å²) in [5.74, 6) is -0.996. The molecule has 12 heteroatoms. The van der Waals surface area contributed by atoms with Crippen LogP contribution >= 0.6 is 0 Å². The minimum absolute atomic E-state index is 0.000139. The lowest BCUT2D eigenvalue weighted by Crippen LogP contribution is -2.54. The van der Waals surface area contributed by atoms with Gasteiger partial charge >= 0.3 is 6.03 Å². The molecule has 1 aliphatic heterocycles. The average Bonchev–Trinajstić information content (AvgIpc) is 3.01. The second kappa shape index (κ2) is 8.77. The van der Waals surface area contributed by atoms with Crippen molar-refractivity contribution in [3.05, 3.63) is 42.7 Å². The van der Waals surface area contributed by atoms with Gasteiger partial charge in [-0.1, -0.05) is 19.8 Å². The molecule has 2 atom stereocenters. The molecule has 2 aliphatic rings. The first-order valence-corrected chi connectivity index (χ1v) is 12.0. The number of rotatable bonds is 6. The van der Waals surface area contributed by atoms with Crippen LogP contribution < -0.4 is 15.4 Å². The molecule has 0 bridgehead atoms. The van der Waals surface area contributed by atoms with Gasteiger partial charge in [0.25, 0.3) is 15.9 Å². The Labute approximate surface area is 191 Å². The minimum atomic E-state index is -3.91. The normalized spacial score (nSPS) is 22.8. The van der Waals surface area contributed by atoms with Gasteiger partial charge in [0.15, 0.2) is 0 Å². The molecule has 1 aromatic carbocycles. The average molecular weight is 473 g/mol. The summed E-state index contributed by atoms with van der Waals surface area (Å²) in [4.78, 5) is 46.4. The summed E-state index contributed by atoms with van der Waals surface area (Å²) in [5, 5.41) is 5.39. The molecule has 0 radical (unpaired) electrons. The number of nitrogens with zero attached hydrogens (tertiary/aromatic N) is 3. The predicted octanol–water partition coefficient (Wildman–Crippen LogP) is 1.72. The van der Waals surface area contributed by atoms with Gasteiger partial charge < -0.3 is 10.6 Å². The van der Waals surface area contributed by atoms with E-state index in [2.05, 4.69) is 25.3 Å². The van der Waals surface area contributed by atoms with Crippen LogP contribution in [0.5, 0.6) is 0 Å². The van der Waals surface area contributed by atoms with Crippen molar-refractivity contribution in [1.29, 1.82) is 0 Å². The molecule has 2 fully saturated rings. The number of anilines is 2. The molecule has 4 rings (SSSR count). The number of sulfonamides is 1. The summed E-state index contributed by atoms with van der Waals surface area (Å²) >= 11 is 0. The zero-order chi connectivity index (χ0) is 23.6. The third-order valence-electron chi connectivity index (χ3n) is 6.04. The molecule has 1 aliphatic carbocycles. The van der Waals surface area contributed by atoms with E-state index in [1.165, 1.54) is 36.7 Å². The third-order valence-corrected chi connectivity index (χ3v) is 7.39. The number of hydrogen-bond donors (Lipinski definition) is 3. The molecule has 11 nitrogen and oxygen atoms in total. The number of amides is 4. The lowest BCUT2D eigenvalue weighted by molar-refractivity contribution is -0.136. The maximum atomic E-state index is 13.0. The quantitative estimate of drug-likeness (QED) is 0.542. The largest absolute Gasteiger partial charge is 0.325 e. The van der Waals surface area contributed by atoms with Crippen molar-refractivity contribution in [2.24, 2.45) is 5.92 Å². The van der Waals surface area contributed by atoms with Crippen molar-refractivity contribution in [3.63, 3.8) is 0 Å². The number of imide groups is 1. The molecule has 1 aromatic heterocycles. The lowest BCUT2D eigenvalue weighted by Gasteiger charge is -2.36. The standard InChI is InChI=1S/C21H24N6O5S/c1-14-5-2-3-10-21(14)18(29)27(20(30)25-21)13-17(28)24-15-6-8-16(9-7-15)33(31,32)26-19-22-11-4-12-23-19/h4,6-9,11-12,14H,2-3,5,10,13H2,1H3,(H,24,28)(H,25,30)(H,22,23,26)/t14-,21-/m0/s1. The van der Waals surface area contributed by atoms with Crippen molar-refractivity contribution >= 4 is 39.5 Å². The number of carbonyl (C=O) groups excluding carboxylic acids is 3. The summed E-state index contributed by atoms with van der Waals surface area (Å²) in [6.07, 6.45) is 6.07. The Hall–Kier alpha value is -3.54. The van der Waals surface area contributed by atoms with Crippen LogP contribution in [0, 0.1) is 5.92 Å². The van der Waals surface area contributed by atoms with Crippen molar-refractivity contribution in [3.8, 4) is 0 Å². The van der Waals surface area contributed by atoms with Crippen LogP contribution in [0.15, 0.2) is 47.6 Å². The van der Waals surface area contributed by atoms with Gasteiger partial charge in [-0.05, 0) is 49.1 Å². The molecule has 3 N–H and O–H groups in total. The van der Waals surface area contributed by atoms with Gasteiger partial charge in [-0.3, -0.25) is 14.5 Å². The maximum Gasteiger partial charge on any atom is 0.325 e. The van der Waals surface area contributed by atoms with Gasteiger partial charge in [-0.15, -0.1) is 0 Å². The molecule has 1 saturated carbocycles.